The average Bonchev–Trinajstić information content (AvgIpc) is 2.35. The molecule has 1 unspecified atom stereocenters. The first-order valence-corrected chi connectivity index (χ1v) is 6.24. The van der Waals surface area contributed by atoms with Crippen LogP contribution in [0, 0.1) is 5.92 Å². The highest BCUT2D eigenvalue weighted by Gasteiger charge is 2.14. The molecule has 1 atom stereocenters. The quantitative estimate of drug-likeness (QED) is 0.815. The first-order chi connectivity index (χ1) is 8.49. The second-order valence-corrected chi connectivity index (χ2v) is 4.68. The van der Waals surface area contributed by atoms with Gasteiger partial charge in [-0.25, -0.2) is 0 Å². The van der Waals surface area contributed by atoms with E-state index in [0.717, 1.165) is 17.9 Å². The summed E-state index contributed by atoms with van der Waals surface area (Å²) in [5.74, 6) is 0.786. The molecule has 0 spiro atoms. The van der Waals surface area contributed by atoms with Crippen molar-refractivity contribution in [3.63, 3.8) is 0 Å². The van der Waals surface area contributed by atoms with Crippen LogP contribution >= 0.6 is 0 Å². The lowest BCUT2D eigenvalue weighted by atomic mass is 10.0. The van der Waals surface area contributed by atoms with Gasteiger partial charge in [0.15, 0.2) is 0 Å². The Morgan fingerprint density at radius 3 is 2.56 bits per heavy atom. The predicted octanol–water partition coefficient (Wildman–Crippen LogP) is 2.64. The highest BCUT2D eigenvalue weighted by atomic mass is 16.5. The molecule has 0 fully saturated rings. The summed E-state index contributed by atoms with van der Waals surface area (Å²) in [5, 5.41) is 3.41. The minimum Gasteiger partial charge on any atom is -0.495 e. The van der Waals surface area contributed by atoms with Crippen LogP contribution in [0.25, 0.3) is 0 Å². The van der Waals surface area contributed by atoms with E-state index in [1.54, 1.807) is 25.3 Å². The van der Waals surface area contributed by atoms with Crippen LogP contribution in [-0.2, 0) is 0 Å². The summed E-state index contributed by atoms with van der Waals surface area (Å²) in [6, 6.07) is 5.51. The van der Waals surface area contributed by atoms with Crippen LogP contribution in [-0.4, -0.2) is 19.1 Å². The van der Waals surface area contributed by atoms with E-state index >= 15 is 0 Å². The Balaban J connectivity index is 3.04. The van der Waals surface area contributed by atoms with E-state index in [2.05, 4.69) is 26.1 Å². The number of carbonyl (C=O) groups is 1. The van der Waals surface area contributed by atoms with Crippen molar-refractivity contribution in [2.45, 2.75) is 33.2 Å². The number of carbonyl (C=O) groups excluding carboxylic acids is 1. The van der Waals surface area contributed by atoms with Gasteiger partial charge in [0, 0.05) is 11.6 Å². The molecule has 1 aromatic rings. The second-order valence-electron chi connectivity index (χ2n) is 4.68. The van der Waals surface area contributed by atoms with E-state index in [4.69, 9.17) is 10.5 Å². The van der Waals surface area contributed by atoms with Crippen molar-refractivity contribution in [3.8, 4) is 5.75 Å². The number of methoxy groups -OCH3 is 1. The van der Waals surface area contributed by atoms with Gasteiger partial charge >= 0.3 is 0 Å². The second kappa shape index (κ2) is 6.28. The van der Waals surface area contributed by atoms with Crippen LogP contribution < -0.4 is 15.8 Å². The number of anilines is 1. The van der Waals surface area contributed by atoms with Crippen LogP contribution in [0.4, 0.5) is 5.69 Å². The summed E-state index contributed by atoms with van der Waals surface area (Å²) < 4.78 is 5.29. The van der Waals surface area contributed by atoms with Crippen molar-refractivity contribution in [2.24, 2.45) is 11.7 Å². The summed E-state index contributed by atoms with van der Waals surface area (Å²) in [6.45, 7) is 6.44. The Morgan fingerprint density at radius 1 is 1.44 bits per heavy atom. The molecule has 1 aromatic carbocycles. The third-order valence-electron chi connectivity index (χ3n) is 3.07. The fraction of sp³-hybridized carbons (Fsp3) is 0.500. The van der Waals surface area contributed by atoms with Crippen molar-refractivity contribution in [1.29, 1.82) is 0 Å². The van der Waals surface area contributed by atoms with Gasteiger partial charge in [-0.05, 0) is 30.5 Å². The summed E-state index contributed by atoms with van der Waals surface area (Å²) in [6.07, 6.45) is 1.00. The Morgan fingerprint density at radius 2 is 2.11 bits per heavy atom. The maximum atomic E-state index is 11.2. The Kier molecular flexibility index (Phi) is 5.01. The lowest BCUT2D eigenvalue weighted by Gasteiger charge is -2.23. The molecule has 0 aromatic heterocycles. The number of amides is 1. The number of nitrogens with two attached hydrogens (primary N) is 1. The highest BCUT2D eigenvalue weighted by Crippen LogP contribution is 2.27. The van der Waals surface area contributed by atoms with Gasteiger partial charge < -0.3 is 15.8 Å². The fourth-order valence-electron chi connectivity index (χ4n) is 1.91. The van der Waals surface area contributed by atoms with Gasteiger partial charge in [0.1, 0.15) is 5.75 Å². The average molecular weight is 250 g/mol. The van der Waals surface area contributed by atoms with Gasteiger partial charge in [0.05, 0.1) is 12.8 Å². The Hall–Kier alpha value is -1.71. The maximum absolute atomic E-state index is 11.2. The molecule has 18 heavy (non-hydrogen) atoms. The standard InChI is InChI=1S/C14H22N2O2/c1-5-11(9(2)3)16-12-8-10(14(15)17)6-7-13(12)18-4/h6-9,11,16H,5H2,1-4H3,(H2,15,17). The zero-order valence-electron chi connectivity index (χ0n) is 11.5. The molecule has 0 saturated heterocycles. The molecule has 0 aliphatic rings. The van der Waals surface area contributed by atoms with Crippen LogP contribution in [0.15, 0.2) is 18.2 Å². The van der Waals surface area contributed by atoms with Gasteiger partial charge in [-0.2, -0.15) is 0 Å². The normalized spacial score (nSPS) is 12.3. The fourth-order valence-corrected chi connectivity index (χ4v) is 1.91. The third kappa shape index (κ3) is 3.39. The molecule has 1 amide bonds. The van der Waals surface area contributed by atoms with Gasteiger partial charge in [-0.15, -0.1) is 0 Å². The number of ether oxygens (including phenoxy) is 1. The van der Waals surface area contributed by atoms with Crippen molar-refractivity contribution in [3.05, 3.63) is 23.8 Å². The van der Waals surface area contributed by atoms with E-state index in [1.807, 2.05) is 0 Å². The summed E-state index contributed by atoms with van der Waals surface area (Å²) in [7, 11) is 1.61. The molecule has 4 nitrogen and oxygen atoms in total. The SMILES string of the molecule is CCC(Nc1cc(C(N)=O)ccc1OC)C(C)C. The zero-order valence-corrected chi connectivity index (χ0v) is 11.5. The van der Waals surface area contributed by atoms with E-state index < -0.39 is 5.91 Å². The van der Waals surface area contributed by atoms with Crippen molar-refractivity contribution in [1.82, 2.24) is 0 Å². The molecule has 0 heterocycles. The van der Waals surface area contributed by atoms with Crippen LogP contribution in [0.1, 0.15) is 37.6 Å². The smallest absolute Gasteiger partial charge is 0.248 e. The predicted molar refractivity (Wildman–Crippen MR) is 74.1 cm³/mol. The number of hydrogen-bond donors (Lipinski definition) is 2. The maximum Gasteiger partial charge on any atom is 0.248 e. The molecule has 100 valence electrons. The summed E-state index contributed by atoms with van der Waals surface area (Å²) >= 11 is 0. The zero-order chi connectivity index (χ0) is 13.7. The van der Waals surface area contributed by atoms with Crippen molar-refractivity contribution >= 4 is 11.6 Å². The van der Waals surface area contributed by atoms with Crippen molar-refractivity contribution < 1.29 is 9.53 Å². The summed E-state index contributed by atoms with van der Waals surface area (Å²) in [5.41, 5.74) is 6.59. The van der Waals surface area contributed by atoms with Crippen LogP contribution in [0.3, 0.4) is 0 Å². The van der Waals surface area contributed by atoms with E-state index in [-0.39, 0.29) is 0 Å². The first kappa shape index (κ1) is 14.4. The third-order valence-corrected chi connectivity index (χ3v) is 3.07. The van der Waals surface area contributed by atoms with E-state index in [9.17, 15) is 4.79 Å². The van der Waals surface area contributed by atoms with E-state index in [1.165, 1.54) is 0 Å². The first-order valence-electron chi connectivity index (χ1n) is 6.24. The van der Waals surface area contributed by atoms with Crippen LogP contribution in [0.5, 0.6) is 5.75 Å². The number of benzene rings is 1. The topological polar surface area (TPSA) is 64.3 Å². The number of primary amides is 1. The molecule has 4 heteroatoms. The molecular formula is C14H22N2O2. The molecule has 1 rings (SSSR count). The number of hydrogen-bond acceptors (Lipinski definition) is 3. The minimum atomic E-state index is -0.432. The molecule has 0 radical (unpaired) electrons. The molecule has 0 aliphatic carbocycles. The van der Waals surface area contributed by atoms with Crippen LogP contribution in [0.2, 0.25) is 0 Å². The number of rotatable bonds is 6. The number of nitrogens with one attached hydrogen (secondary N) is 1. The van der Waals surface area contributed by atoms with Gasteiger partial charge in [0.25, 0.3) is 0 Å². The highest BCUT2D eigenvalue weighted by molar-refractivity contribution is 5.94. The largest absolute Gasteiger partial charge is 0.495 e. The Bertz CT molecular complexity index is 416. The molecular weight excluding hydrogens is 228 g/mol. The van der Waals surface area contributed by atoms with E-state index in [0.29, 0.717) is 17.5 Å². The molecule has 3 N–H and O–H groups in total. The molecule has 0 saturated carbocycles. The summed E-state index contributed by atoms with van der Waals surface area (Å²) in [4.78, 5) is 11.2. The molecule has 0 bridgehead atoms. The minimum absolute atomic E-state index is 0.335. The lowest BCUT2D eigenvalue weighted by molar-refractivity contribution is 0.100. The van der Waals surface area contributed by atoms with Gasteiger partial charge in [0.2, 0.25) is 5.91 Å². The van der Waals surface area contributed by atoms with Crippen molar-refractivity contribution in [2.75, 3.05) is 12.4 Å². The molecule has 0 aliphatic heterocycles. The lowest BCUT2D eigenvalue weighted by Crippen LogP contribution is -2.25. The van der Waals surface area contributed by atoms with Gasteiger partial charge in [-0.1, -0.05) is 20.8 Å². The van der Waals surface area contributed by atoms with Gasteiger partial charge in [-0.3, -0.25) is 4.79 Å². The monoisotopic (exact) mass is 250 g/mol. The Labute approximate surface area is 109 Å².